The Morgan fingerprint density at radius 1 is 0.667 bits per heavy atom. The maximum atomic E-state index is 11.0. The first-order valence-corrected chi connectivity index (χ1v) is 8.09. The molecule has 0 saturated heterocycles. The standard InChI is InChI=1S/C18H30O3/c1-3-17(19)13-9-5-7-11-15-21-16-12-8-6-10-14-18(20)4-2/h3-4H,1-2,5-16H2. The van der Waals surface area contributed by atoms with Crippen molar-refractivity contribution in [2.24, 2.45) is 0 Å². The van der Waals surface area contributed by atoms with Gasteiger partial charge in [0.2, 0.25) is 0 Å². The van der Waals surface area contributed by atoms with Gasteiger partial charge in [-0.1, -0.05) is 38.8 Å². The molecule has 3 heteroatoms. The molecule has 0 aliphatic carbocycles. The van der Waals surface area contributed by atoms with Crippen molar-refractivity contribution < 1.29 is 14.3 Å². The Hall–Kier alpha value is -1.22. The van der Waals surface area contributed by atoms with Gasteiger partial charge >= 0.3 is 0 Å². The Kier molecular flexibility index (Phi) is 14.3. The highest BCUT2D eigenvalue weighted by Gasteiger charge is 1.97. The molecule has 21 heavy (non-hydrogen) atoms. The summed E-state index contributed by atoms with van der Waals surface area (Å²) in [6.45, 7) is 8.54. The van der Waals surface area contributed by atoms with E-state index in [2.05, 4.69) is 13.2 Å². The predicted molar refractivity (Wildman–Crippen MR) is 87.4 cm³/mol. The van der Waals surface area contributed by atoms with Crippen LogP contribution in [-0.4, -0.2) is 24.8 Å². The van der Waals surface area contributed by atoms with Gasteiger partial charge in [0.05, 0.1) is 0 Å². The third-order valence-corrected chi connectivity index (χ3v) is 3.38. The van der Waals surface area contributed by atoms with Gasteiger partial charge in [0, 0.05) is 26.1 Å². The van der Waals surface area contributed by atoms with E-state index in [0.717, 1.165) is 64.6 Å². The molecular weight excluding hydrogens is 264 g/mol. The first kappa shape index (κ1) is 19.8. The number of hydrogen-bond acceptors (Lipinski definition) is 3. The number of ketones is 2. The Morgan fingerprint density at radius 2 is 1.05 bits per heavy atom. The molecule has 3 nitrogen and oxygen atoms in total. The maximum absolute atomic E-state index is 11.0. The third-order valence-electron chi connectivity index (χ3n) is 3.38. The molecule has 0 bridgehead atoms. The van der Waals surface area contributed by atoms with Gasteiger partial charge in [-0.05, 0) is 37.8 Å². The average Bonchev–Trinajstić information content (AvgIpc) is 2.51. The van der Waals surface area contributed by atoms with E-state index in [1.165, 1.54) is 12.2 Å². The van der Waals surface area contributed by atoms with Gasteiger partial charge in [0.1, 0.15) is 0 Å². The van der Waals surface area contributed by atoms with Crippen LogP contribution in [0, 0.1) is 0 Å². The Morgan fingerprint density at radius 3 is 1.43 bits per heavy atom. The summed E-state index contributed by atoms with van der Waals surface area (Å²) in [6.07, 6.45) is 12.5. The largest absolute Gasteiger partial charge is 0.381 e. The molecule has 0 aliphatic rings. The smallest absolute Gasteiger partial charge is 0.155 e. The maximum Gasteiger partial charge on any atom is 0.155 e. The summed E-state index contributed by atoms with van der Waals surface area (Å²) in [7, 11) is 0. The van der Waals surface area contributed by atoms with Crippen molar-refractivity contribution in [1.29, 1.82) is 0 Å². The zero-order valence-electron chi connectivity index (χ0n) is 13.3. The van der Waals surface area contributed by atoms with Crippen LogP contribution in [0.15, 0.2) is 25.3 Å². The summed E-state index contributed by atoms with van der Waals surface area (Å²) in [5.41, 5.74) is 0. The van der Waals surface area contributed by atoms with E-state index in [4.69, 9.17) is 4.74 Å². The minimum atomic E-state index is 0.140. The molecule has 0 unspecified atom stereocenters. The van der Waals surface area contributed by atoms with Crippen LogP contribution in [0.25, 0.3) is 0 Å². The first-order valence-electron chi connectivity index (χ1n) is 8.09. The highest BCUT2D eigenvalue weighted by atomic mass is 16.5. The van der Waals surface area contributed by atoms with Gasteiger partial charge in [-0.3, -0.25) is 9.59 Å². The minimum absolute atomic E-state index is 0.140. The van der Waals surface area contributed by atoms with Crippen LogP contribution in [0.2, 0.25) is 0 Å². The van der Waals surface area contributed by atoms with Crippen molar-refractivity contribution in [3.63, 3.8) is 0 Å². The SMILES string of the molecule is C=CC(=O)CCCCCCOCCCCCCC(=O)C=C. The number of carbonyl (C=O) groups excluding carboxylic acids is 2. The molecule has 0 N–H and O–H groups in total. The minimum Gasteiger partial charge on any atom is -0.381 e. The summed E-state index contributed by atoms with van der Waals surface area (Å²) in [5.74, 6) is 0.280. The van der Waals surface area contributed by atoms with Crippen LogP contribution in [-0.2, 0) is 14.3 Å². The Balaban J connectivity index is 3.09. The lowest BCUT2D eigenvalue weighted by Crippen LogP contribution is -1.98. The number of hydrogen-bond donors (Lipinski definition) is 0. The number of unbranched alkanes of at least 4 members (excludes halogenated alkanes) is 6. The molecule has 0 aromatic carbocycles. The van der Waals surface area contributed by atoms with Gasteiger partial charge in [-0.25, -0.2) is 0 Å². The molecular formula is C18H30O3. The third kappa shape index (κ3) is 15.0. The average molecular weight is 294 g/mol. The zero-order valence-corrected chi connectivity index (χ0v) is 13.3. The van der Waals surface area contributed by atoms with E-state index >= 15 is 0 Å². The Bertz CT molecular complexity index is 278. The highest BCUT2D eigenvalue weighted by Crippen LogP contribution is 2.06. The van der Waals surface area contributed by atoms with Crippen molar-refractivity contribution in [2.75, 3.05) is 13.2 Å². The summed E-state index contributed by atoms with van der Waals surface area (Å²) >= 11 is 0. The van der Waals surface area contributed by atoms with E-state index in [9.17, 15) is 9.59 Å². The molecule has 0 amide bonds. The zero-order chi connectivity index (χ0) is 15.8. The lowest BCUT2D eigenvalue weighted by Gasteiger charge is -2.04. The van der Waals surface area contributed by atoms with Crippen molar-refractivity contribution in [3.8, 4) is 0 Å². The molecule has 0 atom stereocenters. The van der Waals surface area contributed by atoms with Gasteiger partial charge < -0.3 is 4.74 Å². The normalized spacial score (nSPS) is 10.3. The van der Waals surface area contributed by atoms with Gasteiger partial charge in [0.25, 0.3) is 0 Å². The lowest BCUT2D eigenvalue weighted by molar-refractivity contribution is -0.115. The molecule has 0 saturated carbocycles. The van der Waals surface area contributed by atoms with Gasteiger partial charge in [0.15, 0.2) is 11.6 Å². The summed E-state index contributed by atoms with van der Waals surface area (Å²) in [4.78, 5) is 22.0. The predicted octanol–water partition coefficient (Wildman–Crippen LogP) is 4.41. The van der Waals surface area contributed by atoms with Crippen LogP contribution in [0.3, 0.4) is 0 Å². The molecule has 0 aliphatic heterocycles. The molecule has 120 valence electrons. The Labute approximate surface area is 129 Å². The molecule has 0 rings (SSSR count). The monoisotopic (exact) mass is 294 g/mol. The van der Waals surface area contributed by atoms with E-state index in [1.54, 1.807) is 0 Å². The van der Waals surface area contributed by atoms with Crippen molar-refractivity contribution in [1.82, 2.24) is 0 Å². The van der Waals surface area contributed by atoms with E-state index < -0.39 is 0 Å². The van der Waals surface area contributed by atoms with E-state index in [0.29, 0.717) is 12.8 Å². The fourth-order valence-corrected chi connectivity index (χ4v) is 2.02. The highest BCUT2D eigenvalue weighted by molar-refractivity contribution is 5.89. The quantitative estimate of drug-likeness (QED) is 0.313. The fourth-order valence-electron chi connectivity index (χ4n) is 2.02. The van der Waals surface area contributed by atoms with Crippen molar-refractivity contribution in [2.45, 2.75) is 64.2 Å². The van der Waals surface area contributed by atoms with Gasteiger partial charge in [-0.15, -0.1) is 0 Å². The van der Waals surface area contributed by atoms with Crippen LogP contribution in [0.4, 0.5) is 0 Å². The summed E-state index contributed by atoms with van der Waals surface area (Å²) < 4.78 is 5.57. The topological polar surface area (TPSA) is 43.4 Å². The van der Waals surface area contributed by atoms with Crippen molar-refractivity contribution >= 4 is 11.6 Å². The van der Waals surface area contributed by atoms with Crippen LogP contribution in [0.5, 0.6) is 0 Å². The fraction of sp³-hybridized carbons (Fsp3) is 0.667. The number of allylic oxidation sites excluding steroid dienone is 2. The van der Waals surface area contributed by atoms with E-state index in [-0.39, 0.29) is 11.6 Å². The molecule has 0 aromatic rings. The molecule has 0 aromatic heterocycles. The van der Waals surface area contributed by atoms with Crippen molar-refractivity contribution in [3.05, 3.63) is 25.3 Å². The second-order valence-electron chi connectivity index (χ2n) is 5.28. The number of rotatable bonds is 16. The second-order valence-corrected chi connectivity index (χ2v) is 5.28. The number of ether oxygens (including phenoxy) is 1. The van der Waals surface area contributed by atoms with E-state index in [1.807, 2.05) is 0 Å². The molecule has 0 spiro atoms. The first-order chi connectivity index (χ1) is 10.2. The number of carbonyl (C=O) groups is 2. The molecule has 0 fully saturated rings. The molecule has 0 radical (unpaired) electrons. The van der Waals surface area contributed by atoms with Crippen LogP contribution >= 0.6 is 0 Å². The van der Waals surface area contributed by atoms with Gasteiger partial charge in [-0.2, -0.15) is 0 Å². The lowest BCUT2D eigenvalue weighted by atomic mass is 10.1. The van der Waals surface area contributed by atoms with Crippen LogP contribution < -0.4 is 0 Å². The van der Waals surface area contributed by atoms with Crippen LogP contribution in [0.1, 0.15) is 64.2 Å². The summed E-state index contributed by atoms with van der Waals surface area (Å²) in [6, 6.07) is 0. The molecule has 0 heterocycles. The second kappa shape index (κ2) is 15.2. The summed E-state index contributed by atoms with van der Waals surface area (Å²) in [5, 5.41) is 0.